The summed E-state index contributed by atoms with van der Waals surface area (Å²) in [6.45, 7) is -0.147. The van der Waals surface area contributed by atoms with Gasteiger partial charge in [-0.2, -0.15) is 0 Å². The molecule has 0 bridgehead atoms. The lowest BCUT2D eigenvalue weighted by atomic mass is 10.1. The van der Waals surface area contributed by atoms with Crippen LogP contribution < -0.4 is 14.8 Å². The lowest BCUT2D eigenvalue weighted by molar-refractivity contribution is -0.124. The molecule has 26 heavy (non-hydrogen) atoms. The molecule has 1 amide bonds. The predicted molar refractivity (Wildman–Crippen MR) is 93.5 cm³/mol. The zero-order chi connectivity index (χ0) is 18.9. The summed E-state index contributed by atoms with van der Waals surface area (Å²) in [6.07, 6.45) is 0.677. The number of carbonyl (C=O) groups excluding carboxylic acids is 3. The van der Waals surface area contributed by atoms with Crippen LogP contribution >= 0.6 is 0 Å². The van der Waals surface area contributed by atoms with E-state index in [1.54, 1.807) is 25.3 Å². The first-order chi connectivity index (χ1) is 12.6. The fourth-order valence-corrected chi connectivity index (χ4v) is 2.15. The van der Waals surface area contributed by atoms with Crippen LogP contribution in [-0.2, 0) is 16.1 Å². The third-order valence-electron chi connectivity index (χ3n) is 3.55. The topological polar surface area (TPSA) is 90.9 Å². The highest BCUT2D eigenvalue weighted by Gasteiger charge is 2.11. The van der Waals surface area contributed by atoms with E-state index in [9.17, 15) is 14.4 Å². The molecule has 0 heterocycles. The summed E-state index contributed by atoms with van der Waals surface area (Å²) in [5.74, 6) is 0.0860. The van der Waals surface area contributed by atoms with Gasteiger partial charge < -0.3 is 19.5 Å². The second kappa shape index (κ2) is 9.22. The monoisotopic (exact) mass is 357 g/mol. The number of carbonyl (C=O) groups is 3. The highest BCUT2D eigenvalue weighted by molar-refractivity contribution is 5.92. The molecule has 7 nitrogen and oxygen atoms in total. The summed E-state index contributed by atoms with van der Waals surface area (Å²) >= 11 is 0. The van der Waals surface area contributed by atoms with E-state index in [1.165, 1.54) is 31.4 Å². The van der Waals surface area contributed by atoms with Crippen molar-refractivity contribution in [3.63, 3.8) is 0 Å². The molecule has 2 aromatic carbocycles. The van der Waals surface area contributed by atoms with Gasteiger partial charge in [-0.25, -0.2) is 4.79 Å². The van der Waals surface area contributed by atoms with E-state index in [0.29, 0.717) is 23.3 Å². The number of amides is 1. The second-order valence-electron chi connectivity index (χ2n) is 5.28. The zero-order valence-electron chi connectivity index (χ0n) is 14.5. The molecule has 0 fully saturated rings. The Morgan fingerprint density at radius 3 is 2.31 bits per heavy atom. The average Bonchev–Trinajstić information content (AvgIpc) is 2.70. The van der Waals surface area contributed by atoms with Gasteiger partial charge in [-0.15, -0.1) is 0 Å². The minimum absolute atomic E-state index is 0.255. The number of hydrogen-bond acceptors (Lipinski definition) is 6. The smallest absolute Gasteiger partial charge is 0.338 e. The van der Waals surface area contributed by atoms with Crippen LogP contribution in [0.4, 0.5) is 0 Å². The van der Waals surface area contributed by atoms with Gasteiger partial charge in [0.1, 0.15) is 6.29 Å². The molecule has 0 atom stereocenters. The summed E-state index contributed by atoms with van der Waals surface area (Å²) in [5.41, 5.74) is 1.53. The van der Waals surface area contributed by atoms with Crippen LogP contribution in [0.2, 0.25) is 0 Å². The second-order valence-corrected chi connectivity index (χ2v) is 5.28. The largest absolute Gasteiger partial charge is 0.493 e. The first-order valence-corrected chi connectivity index (χ1v) is 7.77. The Morgan fingerprint density at radius 2 is 1.69 bits per heavy atom. The van der Waals surface area contributed by atoms with Gasteiger partial charge >= 0.3 is 5.97 Å². The van der Waals surface area contributed by atoms with Crippen molar-refractivity contribution in [2.45, 2.75) is 6.54 Å². The molecule has 0 unspecified atom stereocenters. The van der Waals surface area contributed by atoms with Crippen molar-refractivity contribution < 1.29 is 28.6 Å². The molecule has 0 aliphatic carbocycles. The van der Waals surface area contributed by atoms with E-state index in [0.717, 1.165) is 5.56 Å². The number of hydrogen-bond donors (Lipinski definition) is 1. The molecule has 2 aromatic rings. The summed E-state index contributed by atoms with van der Waals surface area (Å²) in [4.78, 5) is 34.3. The van der Waals surface area contributed by atoms with E-state index >= 15 is 0 Å². The predicted octanol–water partition coefficient (Wildman–Crippen LogP) is 1.99. The Balaban J connectivity index is 1.83. The maximum atomic E-state index is 11.9. The van der Waals surface area contributed by atoms with Crippen LogP contribution in [0.25, 0.3) is 0 Å². The number of esters is 1. The van der Waals surface area contributed by atoms with Gasteiger partial charge in [0.2, 0.25) is 0 Å². The van der Waals surface area contributed by atoms with E-state index in [-0.39, 0.29) is 12.1 Å². The summed E-state index contributed by atoms with van der Waals surface area (Å²) in [5, 5.41) is 2.65. The van der Waals surface area contributed by atoms with E-state index in [1.807, 2.05) is 0 Å². The molecule has 136 valence electrons. The fourth-order valence-electron chi connectivity index (χ4n) is 2.15. The SMILES string of the molecule is COc1ccc(CNC(=O)COC(=O)c2ccc(C=O)cc2)cc1OC. The van der Waals surface area contributed by atoms with E-state index in [4.69, 9.17) is 14.2 Å². The van der Waals surface area contributed by atoms with E-state index in [2.05, 4.69) is 5.32 Å². The van der Waals surface area contributed by atoms with Gasteiger partial charge in [0.05, 0.1) is 19.8 Å². The van der Waals surface area contributed by atoms with Gasteiger partial charge in [0, 0.05) is 12.1 Å². The van der Waals surface area contributed by atoms with Crippen LogP contribution in [0.15, 0.2) is 42.5 Å². The Morgan fingerprint density at radius 1 is 1.00 bits per heavy atom. The molecule has 0 radical (unpaired) electrons. The molecule has 0 aromatic heterocycles. The summed E-state index contributed by atoms with van der Waals surface area (Å²) < 4.78 is 15.3. The first kappa shape index (κ1) is 19.0. The molecule has 0 aliphatic heterocycles. The molecule has 7 heteroatoms. The van der Waals surface area contributed by atoms with Crippen molar-refractivity contribution >= 4 is 18.2 Å². The molecule has 0 saturated carbocycles. The Hall–Kier alpha value is -3.35. The molecule has 1 N–H and O–H groups in total. The van der Waals surface area contributed by atoms with Crippen molar-refractivity contribution in [1.29, 1.82) is 0 Å². The average molecular weight is 357 g/mol. The minimum atomic E-state index is -0.635. The van der Waals surface area contributed by atoms with Crippen LogP contribution in [0.5, 0.6) is 11.5 Å². The van der Waals surface area contributed by atoms with Gasteiger partial charge in [-0.3, -0.25) is 9.59 Å². The zero-order valence-corrected chi connectivity index (χ0v) is 14.5. The summed E-state index contributed by atoms with van der Waals surface area (Å²) in [7, 11) is 3.07. The quantitative estimate of drug-likeness (QED) is 0.574. The molecule has 2 rings (SSSR count). The number of ether oxygens (including phenoxy) is 3. The van der Waals surface area contributed by atoms with Gasteiger partial charge in [0.15, 0.2) is 18.1 Å². The van der Waals surface area contributed by atoms with Crippen molar-refractivity contribution in [3.8, 4) is 11.5 Å². The number of rotatable bonds is 8. The first-order valence-electron chi connectivity index (χ1n) is 7.77. The highest BCUT2D eigenvalue weighted by Crippen LogP contribution is 2.27. The lowest BCUT2D eigenvalue weighted by Crippen LogP contribution is -2.28. The fraction of sp³-hybridized carbons (Fsp3) is 0.211. The molecule has 0 saturated heterocycles. The van der Waals surface area contributed by atoms with Crippen LogP contribution in [0, 0.1) is 0 Å². The molecule has 0 spiro atoms. The number of aldehydes is 1. The standard InChI is InChI=1S/C19H19NO6/c1-24-16-8-5-14(9-17(16)25-2)10-20-18(22)12-26-19(23)15-6-3-13(11-21)4-7-15/h3-9,11H,10,12H2,1-2H3,(H,20,22). The van der Waals surface area contributed by atoms with Gasteiger partial charge in [0.25, 0.3) is 5.91 Å². The third-order valence-corrected chi connectivity index (χ3v) is 3.55. The van der Waals surface area contributed by atoms with Crippen LogP contribution in [-0.4, -0.2) is 39.0 Å². The maximum Gasteiger partial charge on any atom is 0.338 e. The number of benzene rings is 2. The minimum Gasteiger partial charge on any atom is -0.493 e. The lowest BCUT2D eigenvalue weighted by Gasteiger charge is -2.10. The van der Waals surface area contributed by atoms with E-state index < -0.39 is 18.5 Å². The third kappa shape index (κ3) is 5.07. The molecule has 0 aliphatic rings. The summed E-state index contributed by atoms with van der Waals surface area (Å²) in [6, 6.07) is 11.2. The molecular formula is C19H19NO6. The van der Waals surface area contributed by atoms with Crippen LogP contribution in [0.1, 0.15) is 26.3 Å². The maximum absolute atomic E-state index is 11.9. The van der Waals surface area contributed by atoms with Gasteiger partial charge in [-0.1, -0.05) is 18.2 Å². The normalized spacial score (nSPS) is 9.92. The van der Waals surface area contributed by atoms with Crippen molar-refractivity contribution in [2.75, 3.05) is 20.8 Å². The Labute approximate surface area is 150 Å². The Bertz CT molecular complexity index is 785. The molecular weight excluding hydrogens is 338 g/mol. The highest BCUT2D eigenvalue weighted by atomic mass is 16.5. The number of nitrogens with one attached hydrogen (secondary N) is 1. The van der Waals surface area contributed by atoms with Crippen molar-refractivity contribution in [2.24, 2.45) is 0 Å². The van der Waals surface area contributed by atoms with Crippen molar-refractivity contribution in [1.82, 2.24) is 5.32 Å². The van der Waals surface area contributed by atoms with Crippen LogP contribution in [0.3, 0.4) is 0 Å². The number of methoxy groups -OCH3 is 2. The van der Waals surface area contributed by atoms with Crippen molar-refractivity contribution in [3.05, 3.63) is 59.2 Å². The Kier molecular flexibility index (Phi) is 6.73. The van der Waals surface area contributed by atoms with Gasteiger partial charge in [-0.05, 0) is 29.8 Å².